The van der Waals surface area contributed by atoms with Crippen LogP contribution < -0.4 is 4.74 Å². The molecule has 0 unspecified atom stereocenters. The van der Waals surface area contributed by atoms with Crippen LogP contribution in [0.4, 0.5) is 0 Å². The van der Waals surface area contributed by atoms with Gasteiger partial charge in [-0.3, -0.25) is 4.79 Å². The molecule has 0 fully saturated rings. The highest BCUT2D eigenvalue weighted by Crippen LogP contribution is 2.33. The zero-order valence-corrected chi connectivity index (χ0v) is 19.4. The van der Waals surface area contributed by atoms with E-state index in [0.29, 0.717) is 22.3 Å². The average Bonchev–Trinajstić information content (AvgIpc) is 3.10. The van der Waals surface area contributed by atoms with Gasteiger partial charge in [0.25, 0.3) is 0 Å². The summed E-state index contributed by atoms with van der Waals surface area (Å²) < 4.78 is 14.1. The average molecular weight is 492 g/mol. The Hall–Kier alpha value is -3.38. The van der Waals surface area contributed by atoms with Crippen LogP contribution in [-0.2, 0) is 4.74 Å². The fourth-order valence-electron chi connectivity index (χ4n) is 3.73. The number of fused-ring (bicyclic) bond motifs is 1. The number of benzene rings is 3. The van der Waals surface area contributed by atoms with E-state index < -0.39 is 0 Å². The topological polar surface area (TPSA) is 57.5 Å². The zero-order chi connectivity index (χ0) is 22.7. The van der Waals surface area contributed by atoms with Crippen molar-refractivity contribution in [2.24, 2.45) is 0 Å². The van der Waals surface area contributed by atoms with Gasteiger partial charge in [0, 0.05) is 26.8 Å². The molecule has 0 saturated carbocycles. The number of carbonyl (C=O) groups is 2. The Bertz CT molecular complexity index is 1280. The molecule has 0 saturated heterocycles. The van der Waals surface area contributed by atoms with Crippen LogP contribution in [0.2, 0.25) is 0 Å². The van der Waals surface area contributed by atoms with E-state index in [1.54, 1.807) is 25.1 Å². The number of rotatable bonds is 7. The molecule has 4 rings (SSSR count). The van der Waals surface area contributed by atoms with E-state index in [2.05, 4.69) is 15.9 Å². The molecular weight excluding hydrogens is 470 g/mol. The molecular formula is C26H22BrNO4. The van der Waals surface area contributed by atoms with Crippen molar-refractivity contribution in [3.8, 4) is 11.4 Å². The van der Waals surface area contributed by atoms with Gasteiger partial charge in [0.05, 0.1) is 17.7 Å². The third-order valence-corrected chi connectivity index (χ3v) is 5.73. The van der Waals surface area contributed by atoms with E-state index in [0.717, 1.165) is 21.4 Å². The summed E-state index contributed by atoms with van der Waals surface area (Å²) in [6, 6.07) is 22.4. The Morgan fingerprint density at radius 2 is 1.69 bits per heavy atom. The van der Waals surface area contributed by atoms with Crippen molar-refractivity contribution in [3.05, 3.63) is 94.1 Å². The smallest absolute Gasteiger partial charge is 0.340 e. The molecule has 32 heavy (non-hydrogen) atoms. The van der Waals surface area contributed by atoms with E-state index >= 15 is 0 Å². The van der Waals surface area contributed by atoms with Gasteiger partial charge in [0.1, 0.15) is 5.75 Å². The lowest BCUT2D eigenvalue weighted by Gasteiger charge is -2.09. The van der Waals surface area contributed by atoms with Gasteiger partial charge in [-0.25, -0.2) is 4.79 Å². The maximum absolute atomic E-state index is 12.8. The summed E-state index contributed by atoms with van der Waals surface area (Å²) in [6.07, 6.45) is 0. The molecule has 1 heterocycles. The third kappa shape index (κ3) is 4.32. The number of hydrogen-bond donors (Lipinski definition) is 0. The van der Waals surface area contributed by atoms with Gasteiger partial charge in [0.15, 0.2) is 12.4 Å². The summed E-state index contributed by atoms with van der Waals surface area (Å²) in [4.78, 5) is 25.2. The summed E-state index contributed by atoms with van der Waals surface area (Å²) in [7, 11) is 0. The summed E-state index contributed by atoms with van der Waals surface area (Å²) in [5.41, 5.74) is 3.65. The van der Waals surface area contributed by atoms with Crippen LogP contribution in [0.15, 0.2) is 77.3 Å². The highest BCUT2D eigenvalue weighted by Gasteiger charge is 2.22. The minimum atomic E-state index is -0.386. The summed E-state index contributed by atoms with van der Waals surface area (Å²) in [5.74, 6) is 0.0172. The third-order valence-electron chi connectivity index (χ3n) is 5.21. The SMILES string of the molecule is CCOC(=O)c1c(C)n(-c2ccc(Br)cc2)c2ccc(OCC(=O)c3ccccc3)cc12. The van der Waals surface area contributed by atoms with Crippen LogP contribution in [0, 0.1) is 6.92 Å². The van der Waals surface area contributed by atoms with Crippen molar-refractivity contribution < 1.29 is 19.1 Å². The summed E-state index contributed by atoms with van der Waals surface area (Å²) in [6.45, 7) is 3.88. The second kappa shape index (κ2) is 9.40. The maximum Gasteiger partial charge on any atom is 0.340 e. The van der Waals surface area contributed by atoms with Gasteiger partial charge in [0.2, 0.25) is 0 Å². The van der Waals surface area contributed by atoms with Gasteiger partial charge >= 0.3 is 5.97 Å². The predicted molar refractivity (Wildman–Crippen MR) is 128 cm³/mol. The van der Waals surface area contributed by atoms with Crippen molar-refractivity contribution in [1.82, 2.24) is 4.57 Å². The molecule has 3 aromatic carbocycles. The van der Waals surface area contributed by atoms with Gasteiger partial charge in [-0.15, -0.1) is 0 Å². The Morgan fingerprint density at radius 1 is 0.969 bits per heavy atom. The van der Waals surface area contributed by atoms with Crippen LogP contribution in [0.1, 0.15) is 33.3 Å². The standard InChI is InChI=1S/C26H22BrNO4/c1-3-31-26(30)25-17(2)28(20-11-9-19(27)10-12-20)23-14-13-21(15-22(23)25)32-16-24(29)18-7-5-4-6-8-18/h4-15H,3,16H2,1-2H3. The molecule has 0 atom stereocenters. The molecule has 1 aromatic heterocycles. The molecule has 162 valence electrons. The minimum absolute atomic E-state index is 0.0866. The van der Waals surface area contributed by atoms with E-state index in [1.165, 1.54) is 0 Å². The van der Waals surface area contributed by atoms with Crippen LogP contribution in [0.5, 0.6) is 5.75 Å². The van der Waals surface area contributed by atoms with Crippen LogP contribution >= 0.6 is 15.9 Å². The number of esters is 1. The Morgan fingerprint density at radius 3 is 2.38 bits per heavy atom. The van der Waals surface area contributed by atoms with E-state index in [1.807, 2.05) is 66.1 Å². The highest BCUT2D eigenvalue weighted by molar-refractivity contribution is 9.10. The lowest BCUT2D eigenvalue weighted by Crippen LogP contribution is -2.11. The van der Waals surface area contributed by atoms with Gasteiger partial charge < -0.3 is 14.0 Å². The Kier molecular flexibility index (Phi) is 6.42. The molecule has 0 amide bonds. The lowest BCUT2D eigenvalue weighted by molar-refractivity contribution is 0.0527. The monoisotopic (exact) mass is 491 g/mol. The Balaban J connectivity index is 1.74. The molecule has 5 nitrogen and oxygen atoms in total. The minimum Gasteiger partial charge on any atom is -0.485 e. The Labute approximate surface area is 194 Å². The maximum atomic E-state index is 12.8. The van der Waals surface area contributed by atoms with Crippen molar-refractivity contribution in [1.29, 1.82) is 0 Å². The normalized spacial score (nSPS) is 10.8. The van der Waals surface area contributed by atoms with Gasteiger partial charge in [-0.2, -0.15) is 0 Å². The van der Waals surface area contributed by atoms with Crippen LogP contribution in [0.25, 0.3) is 16.6 Å². The number of aromatic nitrogens is 1. The lowest BCUT2D eigenvalue weighted by atomic mass is 10.1. The molecule has 6 heteroatoms. The number of Topliss-reactive ketones (excluding diaryl/α,β-unsaturated/α-hetero) is 1. The van der Waals surface area contributed by atoms with Gasteiger partial charge in [-0.1, -0.05) is 46.3 Å². The molecule has 0 bridgehead atoms. The number of carbonyl (C=O) groups excluding carboxylic acids is 2. The van der Waals surface area contributed by atoms with Crippen molar-refractivity contribution in [2.75, 3.05) is 13.2 Å². The number of halogens is 1. The molecule has 0 aliphatic rings. The number of hydrogen-bond acceptors (Lipinski definition) is 4. The van der Waals surface area contributed by atoms with Crippen LogP contribution in [-0.4, -0.2) is 29.5 Å². The second-order valence-corrected chi connectivity index (χ2v) is 8.17. The number of ether oxygens (including phenoxy) is 2. The summed E-state index contributed by atoms with van der Waals surface area (Å²) >= 11 is 3.46. The predicted octanol–water partition coefficient (Wildman–Crippen LogP) is 6.14. The molecule has 0 N–H and O–H groups in total. The van der Waals surface area contributed by atoms with E-state index in [-0.39, 0.29) is 25.0 Å². The fraction of sp³-hybridized carbons (Fsp3) is 0.154. The second-order valence-electron chi connectivity index (χ2n) is 7.25. The van der Waals surface area contributed by atoms with Gasteiger partial charge in [-0.05, 0) is 56.3 Å². The molecule has 0 aliphatic heterocycles. The molecule has 4 aromatic rings. The summed E-state index contributed by atoms with van der Waals surface area (Å²) in [5, 5.41) is 0.716. The highest BCUT2D eigenvalue weighted by atomic mass is 79.9. The van der Waals surface area contributed by atoms with E-state index in [9.17, 15) is 9.59 Å². The first-order chi connectivity index (χ1) is 15.5. The first-order valence-corrected chi connectivity index (χ1v) is 11.1. The van der Waals surface area contributed by atoms with Crippen molar-refractivity contribution >= 4 is 38.6 Å². The first kappa shape index (κ1) is 21.8. The zero-order valence-electron chi connectivity index (χ0n) is 17.8. The van der Waals surface area contributed by atoms with Crippen molar-refractivity contribution in [3.63, 3.8) is 0 Å². The first-order valence-electron chi connectivity index (χ1n) is 10.3. The molecule has 0 aliphatic carbocycles. The largest absolute Gasteiger partial charge is 0.485 e. The number of ketones is 1. The van der Waals surface area contributed by atoms with Crippen molar-refractivity contribution in [2.45, 2.75) is 13.8 Å². The molecule has 0 radical (unpaired) electrons. The number of nitrogens with zero attached hydrogens (tertiary/aromatic N) is 1. The van der Waals surface area contributed by atoms with E-state index in [4.69, 9.17) is 9.47 Å². The molecule has 0 spiro atoms. The fourth-order valence-corrected chi connectivity index (χ4v) is 3.99. The van der Waals surface area contributed by atoms with Crippen LogP contribution in [0.3, 0.4) is 0 Å². The quantitative estimate of drug-likeness (QED) is 0.230.